The molecule has 7 nitrogen and oxygen atoms in total. The second kappa shape index (κ2) is 4.33. The normalized spacial score (nSPS) is 13.5. The quantitative estimate of drug-likeness (QED) is 0.630. The number of hydrogen-bond donors (Lipinski definition) is 2. The van der Waals surface area contributed by atoms with Crippen LogP contribution in [0.3, 0.4) is 0 Å². The molecule has 0 heterocycles. The molecule has 0 aromatic carbocycles. The summed E-state index contributed by atoms with van der Waals surface area (Å²) in [7, 11) is -9.80. The minimum absolute atomic E-state index is 0.222. The Kier molecular flexibility index (Phi) is 4.26. The van der Waals surface area contributed by atoms with Crippen molar-refractivity contribution >= 4 is 20.6 Å². The lowest BCUT2D eigenvalue weighted by Crippen LogP contribution is -2.36. The summed E-state index contributed by atoms with van der Waals surface area (Å²) in [6.45, 7) is 1.24. The Labute approximate surface area is 77.1 Å². The molecule has 0 radical (unpaired) electrons. The number of unbranched alkanes of at least 4 members (excludes halogenated alkanes) is 1. The molecule has 0 saturated heterocycles. The maximum atomic E-state index is 10.4. The molecule has 0 aromatic rings. The minimum Gasteiger partial charge on any atom is -0.273 e. The highest BCUT2D eigenvalue weighted by Gasteiger charge is 2.29. The Morgan fingerprint density at radius 1 is 1.08 bits per heavy atom. The first kappa shape index (κ1) is 12.8. The van der Waals surface area contributed by atoms with Gasteiger partial charge in [0.25, 0.3) is 0 Å². The van der Waals surface area contributed by atoms with E-state index in [0.29, 0.717) is 6.42 Å². The predicted molar refractivity (Wildman–Crippen MR) is 44.7 cm³/mol. The van der Waals surface area contributed by atoms with E-state index in [9.17, 15) is 16.8 Å². The van der Waals surface area contributed by atoms with Gasteiger partial charge in [0, 0.05) is 6.54 Å². The Morgan fingerprint density at radius 2 is 1.46 bits per heavy atom. The van der Waals surface area contributed by atoms with Crippen LogP contribution in [0.4, 0.5) is 0 Å². The molecule has 0 aliphatic rings. The van der Waals surface area contributed by atoms with Gasteiger partial charge in [-0.15, -0.1) is 0 Å². The molecule has 0 fully saturated rings. The van der Waals surface area contributed by atoms with Gasteiger partial charge in [-0.25, -0.2) is 0 Å². The van der Waals surface area contributed by atoms with Crippen molar-refractivity contribution in [3.05, 3.63) is 0 Å². The molecule has 0 spiro atoms. The van der Waals surface area contributed by atoms with Crippen LogP contribution in [0, 0.1) is 0 Å². The van der Waals surface area contributed by atoms with Crippen LogP contribution < -0.4 is 0 Å². The van der Waals surface area contributed by atoms with Gasteiger partial charge in [0.2, 0.25) is 0 Å². The maximum Gasteiger partial charge on any atom is 0.351 e. The van der Waals surface area contributed by atoms with E-state index in [4.69, 9.17) is 9.11 Å². The summed E-state index contributed by atoms with van der Waals surface area (Å²) >= 11 is 0. The lowest BCUT2D eigenvalue weighted by Gasteiger charge is -2.13. The van der Waals surface area contributed by atoms with Gasteiger partial charge in [-0.2, -0.15) is 16.8 Å². The van der Waals surface area contributed by atoms with Crippen molar-refractivity contribution in [3.63, 3.8) is 0 Å². The van der Waals surface area contributed by atoms with Gasteiger partial charge in [0.15, 0.2) is 0 Å². The molecule has 0 rings (SSSR count). The highest BCUT2D eigenvalue weighted by atomic mass is 32.3. The third kappa shape index (κ3) is 4.52. The highest BCUT2D eigenvalue weighted by molar-refractivity contribution is 7.98. The van der Waals surface area contributed by atoms with Crippen molar-refractivity contribution < 1.29 is 25.9 Å². The third-order valence-corrected chi connectivity index (χ3v) is 3.73. The summed E-state index contributed by atoms with van der Waals surface area (Å²) in [5.41, 5.74) is 0. The van der Waals surface area contributed by atoms with Crippen molar-refractivity contribution in [2.75, 3.05) is 6.54 Å². The van der Waals surface area contributed by atoms with Gasteiger partial charge in [0.05, 0.1) is 0 Å². The Hall–Kier alpha value is -0.220. The summed E-state index contributed by atoms with van der Waals surface area (Å²) in [6, 6.07) is 0. The van der Waals surface area contributed by atoms with E-state index in [1.165, 1.54) is 0 Å². The van der Waals surface area contributed by atoms with Crippen LogP contribution in [-0.2, 0) is 20.6 Å². The summed E-state index contributed by atoms with van der Waals surface area (Å²) in [5.74, 6) is 0. The molecule has 0 aliphatic carbocycles. The Morgan fingerprint density at radius 3 is 1.69 bits per heavy atom. The van der Waals surface area contributed by atoms with Crippen LogP contribution in [0.15, 0.2) is 0 Å². The third-order valence-electron chi connectivity index (χ3n) is 1.21. The molecule has 80 valence electrons. The first-order valence-electron chi connectivity index (χ1n) is 3.42. The van der Waals surface area contributed by atoms with Gasteiger partial charge in [0.1, 0.15) is 0 Å². The average Bonchev–Trinajstić information content (AvgIpc) is 1.81. The fourth-order valence-electron chi connectivity index (χ4n) is 0.637. The number of rotatable bonds is 5. The molecule has 0 amide bonds. The van der Waals surface area contributed by atoms with Gasteiger partial charge >= 0.3 is 20.6 Å². The van der Waals surface area contributed by atoms with Gasteiger partial charge in [-0.05, 0) is 10.1 Å². The van der Waals surface area contributed by atoms with Crippen molar-refractivity contribution in [3.8, 4) is 0 Å². The molecular formula is C4H11NO6S2. The molecule has 9 heteroatoms. The largest absolute Gasteiger partial charge is 0.351 e. The monoisotopic (exact) mass is 233 g/mol. The Bertz CT molecular complexity index is 311. The highest BCUT2D eigenvalue weighted by Crippen LogP contribution is 2.06. The molecule has 0 aromatic heterocycles. The maximum absolute atomic E-state index is 10.4. The van der Waals surface area contributed by atoms with E-state index in [2.05, 4.69) is 0 Å². The van der Waals surface area contributed by atoms with E-state index in [1.54, 1.807) is 6.92 Å². The lowest BCUT2D eigenvalue weighted by atomic mass is 10.3. The smallest absolute Gasteiger partial charge is 0.273 e. The predicted octanol–water partition coefficient (Wildman–Crippen LogP) is -0.306. The number of nitrogens with zero attached hydrogens (tertiary/aromatic N) is 1. The molecule has 0 aliphatic heterocycles. The average molecular weight is 233 g/mol. The number of hydrogen-bond acceptors (Lipinski definition) is 4. The van der Waals surface area contributed by atoms with Crippen LogP contribution in [0.1, 0.15) is 19.8 Å². The van der Waals surface area contributed by atoms with Gasteiger partial charge in [-0.3, -0.25) is 9.11 Å². The second-order valence-corrected chi connectivity index (χ2v) is 5.21. The molecule has 13 heavy (non-hydrogen) atoms. The van der Waals surface area contributed by atoms with Crippen LogP contribution in [0.5, 0.6) is 0 Å². The molecular weight excluding hydrogens is 222 g/mol. The fourth-order valence-corrected chi connectivity index (χ4v) is 2.31. The molecule has 0 unspecified atom stereocenters. The van der Waals surface area contributed by atoms with Crippen molar-refractivity contribution in [1.82, 2.24) is 3.71 Å². The zero-order chi connectivity index (χ0) is 10.7. The zero-order valence-corrected chi connectivity index (χ0v) is 8.55. The molecule has 0 bridgehead atoms. The van der Waals surface area contributed by atoms with Crippen LogP contribution in [0.2, 0.25) is 0 Å². The van der Waals surface area contributed by atoms with Gasteiger partial charge < -0.3 is 0 Å². The lowest BCUT2D eigenvalue weighted by molar-refractivity contribution is 0.380. The van der Waals surface area contributed by atoms with Crippen LogP contribution in [0.25, 0.3) is 0 Å². The summed E-state index contributed by atoms with van der Waals surface area (Å²) in [4.78, 5) is 0. The van der Waals surface area contributed by atoms with Crippen molar-refractivity contribution in [2.45, 2.75) is 19.8 Å². The van der Waals surface area contributed by atoms with E-state index in [0.717, 1.165) is 0 Å². The first-order valence-corrected chi connectivity index (χ1v) is 6.21. The van der Waals surface area contributed by atoms with Crippen LogP contribution in [-0.4, -0.2) is 36.2 Å². The van der Waals surface area contributed by atoms with E-state index in [1.807, 2.05) is 0 Å². The summed E-state index contributed by atoms with van der Waals surface area (Å²) < 4.78 is 58.1. The molecule has 0 saturated carbocycles. The van der Waals surface area contributed by atoms with E-state index < -0.39 is 27.2 Å². The van der Waals surface area contributed by atoms with Crippen molar-refractivity contribution in [2.24, 2.45) is 0 Å². The van der Waals surface area contributed by atoms with E-state index >= 15 is 0 Å². The molecule has 2 N–H and O–H groups in total. The summed E-state index contributed by atoms with van der Waals surface area (Å²) in [6.07, 6.45) is 0.751. The zero-order valence-electron chi connectivity index (χ0n) is 6.91. The van der Waals surface area contributed by atoms with E-state index in [-0.39, 0.29) is 10.1 Å². The first-order chi connectivity index (χ1) is 5.69. The minimum atomic E-state index is -4.90. The topological polar surface area (TPSA) is 112 Å². The van der Waals surface area contributed by atoms with Gasteiger partial charge in [-0.1, -0.05) is 13.3 Å². The van der Waals surface area contributed by atoms with Crippen LogP contribution >= 0.6 is 0 Å². The van der Waals surface area contributed by atoms with Crippen molar-refractivity contribution in [1.29, 1.82) is 0 Å². The Balaban J connectivity index is 4.81. The molecule has 0 atom stereocenters. The second-order valence-electron chi connectivity index (χ2n) is 2.31. The summed E-state index contributed by atoms with van der Waals surface area (Å²) in [5, 5.41) is 0. The standard InChI is InChI=1S/C4H11NO6S2/c1-2-3-4-5(12(6,7)8)13(9,10)11/h2-4H2,1H3,(H,6,7,8)(H,9,10,11). The SMILES string of the molecule is CCCCN(S(=O)(=O)O)S(=O)(=O)O. The fraction of sp³-hybridized carbons (Fsp3) is 1.00.